The Balaban J connectivity index is 2.55. The maximum absolute atomic E-state index is 11.9. The van der Waals surface area contributed by atoms with Gasteiger partial charge in [-0.15, -0.1) is 0 Å². The van der Waals surface area contributed by atoms with Gasteiger partial charge in [-0.05, 0) is 36.6 Å². The molecule has 1 aromatic rings. The lowest BCUT2D eigenvalue weighted by molar-refractivity contribution is -0.119. The number of nitrogens with two attached hydrogens (primary N) is 1. The fourth-order valence-corrected chi connectivity index (χ4v) is 1.99. The Hall–Kier alpha value is -0.610. The Morgan fingerprint density at radius 3 is 2.83 bits per heavy atom. The number of ketones is 1. The van der Waals surface area contributed by atoms with Crippen LogP contribution in [0.25, 0.3) is 0 Å². The van der Waals surface area contributed by atoms with Gasteiger partial charge >= 0.3 is 0 Å². The molecule has 0 radical (unpaired) electrons. The SMILES string of the molecule is COCCCC(N)C(=O)Cc1cc(Cl)ccc1Cl. The molecular weight excluding hydrogens is 273 g/mol. The average Bonchev–Trinajstić information content (AvgIpc) is 2.34. The Morgan fingerprint density at radius 1 is 1.44 bits per heavy atom. The predicted octanol–water partition coefficient (Wildman–Crippen LogP) is 2.86. The fraction of sp³-hybridized carbons (Fsp3) is 0.462. The first-order chi connectivity index (χ1) is 8.54. The van der Waals surface area contributed by atoms with Crippen LogP contribution in [0.15, 0.2) is 18.2 Å². The molecule has 1 aromatic carbocycles. The van der Waals surface area contributed by atoms with E-state index in [2.05, 4.69) is 0 Å². The lowest BCUT2D eigenvalue weighted by Crippen LogP contribution is -2.32. The largest absolute Gasteiger partial charge is 0.385 e. The fourth-order valence-electron chi connectivity index (χ4n) is 1.61. The van der Waals surface area contributed by atoms with E-state index in [0.717, 1.165) is 12.0 Å². The van der Waals surface area contributed by atoms with Crippen LogP contribution in [0, 0.1) is 0 Å². The van der Waals surface area contributed by atoms with Gasteiger partial charge in [0.1, 0.15) is 0 Å². The van der Waals surface area contributed by atoms with E-state index < -0.39 is 6.04 Å². The zero-order valence-corrected chi connectivity index (χ0v) is 11.8. The number of Topliss-reactive ketones (excluding diaryl/α,β-unsaturated/α-hetero) is 1. The number of halogens is 2. The first-order valence-electron chi connectivity index (χ1n) is 5.75. The molecule has 0 aromatic heterocycles. The van der Waals surface area contributed by atoms with Crippen LogP contribution in [0.1, 0.15) is 18.4 Å². The van der Waals surface area contributed by atoms with Crippen LogP contribution in [0.5, 0.6) is 0 Å². The normalized spacial score (nSPS) is 12.4. The van der Waals surface area contributed by atoms with Gasteiger partial charge in [0.2, 0.25) is 0 Å². The van der Waals surface area contributed by atoms with Crippen molar-refractivity contribution in [3.63, 3.8) is 0 Å². The summed E-state index contributed by atoms with van der Waals surface area (Å²) < 4.78 is 4.92. The van der Waals surface area contributed by atoms with Crippen molar-refractivity contribution < 1.29 is 9.53 Å². The van der Waals surface area contributed by atoms with E-state index in [0.29, 0.717) is 23.1 Å². The minimum Gasteiger partial charge on any atom is -0.385 e. The number of methoxy groups -OCH3 is 1. The van der Waals surface area contributed by atoms with E-state index in [-0.39, 0.29) is 12.2 Å². The minimum absolute atomic E-state index is 0.0322. The molecule has 0 bridgehead atoms. The van der Waals surface area contributed by atoms with Crippen LogP contribution in [-0.4, -0.2) is 25.5 Å². The molecule has 0 aliphatic heterocycles. The molecule has 5 heteroatoms. The molecule has 0 amide bonds. The van der Waals surface area contributed by atoms with Crippen LogP contribution < -0.4 is 5.73 Å². The van der Waals surface area contributed by atoms with Gasteiger partial charge < -0.3 is 10.5 Å². The van der Waals surface area contributed by atoms with Gasteiger partial charge in [0.15, 0.2) is 5.78 Å². The van der Waals surface area contributed by atoms with E-state index in [4.69, 9.17) is 33.7 Å². The summed E-state index contributed by atoms with van der Waals surface area (Å²) in [5, 5.41) is 1.10. The molecule has 100 valence electrons. The zero-order chi connectivity index (χ0) is 13.5. The van der Waals surface area contributed by atoms with E-state index in [1.54, 1.807) is 25.3 Å². The predicted molar refractivity (Wildman–Crippen MR) is 74.3 cm³/mol. The second-order valence-corrected chi connectivity index (χ2v) is 4.96. The summed E-state index contributed by atoms with van der Waals surface area (Å²) in [5.74, 6) is -0.0322. The van der Waals surface area contributed by atoms with Gasteiger partial charge in [0, 0.05) is 30.2 Å². The molecule has 0 saturated heterocycles. The lowest BCUT2D eigenvalue weighted by atomic mass is 10.0. The number of benzene rings is 1. The van der Waals surface area contributed by atoms with Gasteiger partial charge in [0.05, 0.1) is 6.04 Å². The third-order valence-corrected chi connectivity index (χ3v) is 3.25. The molecule has 0 fully saturated rings. The molecule has 0 spiro atoms. The summed E-state index contributed by atoms with van der Waals surface area (Å²) in [6.45, 7) is 0.610. The third kappa shape index (κ3) is 4.94. The first kappa shape index (κ1) is 15.4. The highest BCUT2D eigenvalue weighted by atomic mass is 35.5. The smallest absolute Gasteiger partial charge is 0.153 e. The van der Waals surface area contributed by atoms with Gasteiger partial charge in [-0.2, -0.15) is 0 Å². The van der Waals surface area contributed by atoms with Gasteiger partial charge in [-0.3, -0.25) is 4.79 Å². The highest BCUT2D eigenvalue weighted by molar-refractivity contribution is 6.33. The van der Waals surface area contributed by atoms with Crippen molar-refractivity contribution in [1.29, 1.82) is 0 Å². The molecule has 1 rings (SSSR count). The van der Waals surface area contributed by atoms with Crippen molar-refractivity contribution in [3.05, 3.63) is 33.8 Å². The minimum atomic E-state index is -0.477. The first-order valence-corrected chi connectivity index (χ1v) is 6.51. The van der Waals surface area contributed by atoms with E-state index >= 15 is 0 Å². The summed E-state index contributed by atoms with van der Waals surface area (Å²) in [7, 11) is 1.62. The van der Waals surface area contributed by atoms with E-state index in [1.807, 2.05) is 0 Å². The van der Waals surface area contributed by atoms with Crippen molar-refractivity contribution >= 4 is 29.0 Å². The van der Waals surface area contributed by atoms with Gasteiger partial charge in [-0.1, -0.05) is 23.2 Å². The Bertz CT molecular complexity index is 410. The molecule has 2 N–H and O–H groups in total. The topological polar surface area (TPSA) is 52.3 Å². The molecule has 0 aliphatic carbocycles. The van der Waals surface area contributed by atoms with Crippen LogP contribution >= 0.6 is 23.2 Å². The molecule has 3 nitrogen and oxygen atoms in total. The van der Waals surface area contributed by atoms with Gasteiger partial charge in [-0.25, -0.2) is 0 Å². The van der Waals surface area contributed by atoms with Gasteiger partial charge in [0.25, 0.3) is 0 Å². The molecular formula is C13H17Cl2NO2. The monoisotopic (exact) mass is 289 g/mol. The Morgan fingerprint density at radius 2 is 2.17 bits per heavy atom. The van der Waals surface area contributed by atoms with E-state index in [9.17, 15) is 4.79 Å². The Kier molecular flexibility index (Phi) is 6.65. The van der Waals surface area contributed by atoms with Crippen LogP contribution in [0.2, 0.25) is 10.0 Å². The summed E-state index contributed by atoms with van der Waals surface area (Å²) in [5.41, 5.74) is 6.53. The third-order valence-electron chi connectivity index (χ3n) is 2.65. The quantitative estimate of drug-likeness (QED) is 0.786. The van der Waals surface area contributed by atoms with E-state index in [1.165, 1.54) is 0 Å². The molecule has 0 saturated carbocycles. The Labute approximate surface area is 117 Å². The molecule has 1 unspecified atom stereocenters. The summed E-state index contributed by atoms with van der Waals surface area (Å²) in [4.78, 5) is 11.9. The maximum atomic E-state index is 11.9. The van der Waals surface area contributed by atoms with Crippen molar-refractivity contribution in [3.8, 4) is 0 Å². The van der Waals surface area contributed by atoms with Crippen LogP contribution in [-0.2, 0) is 16.0 Å². The van der Waals surface area contributed by atoms with Crippen LogP contribution in [0.3, 0.4) is 0 Å². The lowest BCUT2D eigenvalue weighted by Gasteiger charge is -2.11. The number of hydrogen-bond acceptors (Lipinski definition) is 3. The standard InChI is InChI=1S/C13H17Cl2NO2/c1-18-6-2-3-12(16)13(17)8-9-7-10(14)4-5-11(9)15/h4-5,7,12H,2-3,6,8,16H2,1H3. The van der Waals surface area contributed by atoms with Crippen molar-refractivity contribution in [1.82, 2.24) is 0 Å². The number of hydrogen-bond donors (Lipinski definition) is 1. The molecule has 0 aliphatic rings. The number of ether oxygens (including phenoxy) is 1. The van der Waals surface area contributed by atoms with Crippen molar-refractivity contribution in [2.75, 3.05) is 13.7 Å². The summed E-state index contributed by atoms with van der Waals surface area (Å²) in [6, 6.07) is 4.60. The molecule has 18 heavy (non-hydrogen) atoms. The summed E-state index contributed by atoms with van der Waals surface area (Å²) in [6.07, 6.45) is 1.60. The molecule has 0 heterocycles. The average molecular weight is 290 g/mol. The number of carbonyl (C=O) groups is 1. The highest BCUT2D eigenvalue weighted by Gasteiger charge is 2.15. The summed E-state index contributed by atoms with van der Waals surface area (Å²) >= 11 is 11.9. The highest BCUT2D eigenvalue weighted by Crippen LogP contribution is 2.21. The maximum Gasteiger partial charge on any atom is 0.153 e. The second kappa shape index (κ2) is 7.74. The van der Waals surface area contributed by atoms with Crippen molar-refractivity contribution in [2.45, 2.75) is 25.3 Å². The zero-order valence-electron chi connectivity index (χ0n) is 10.3. The number of carbonyl (C=O) groups excluding carboxylic acids is 1. The van der Waals surface area contributed by atoms with Crippen molar-refractivity contribution in [2.24, 2.45) is 5.73 Å². The van der Waals surface area contributed by atoms with Crippen LogP contribution in [0.4, 0.5) is 0 Å². The molecule has 1 atom stereocenters. The second-order valence-electron chi connectivity index (χ2n) is 4.12. The number of rotatable bonds is 7.